The highest BCUT2D eigenvalue weighted by molar-refractivity contribution is 5.91. The minimum Gasteiger partial charge on any atom is -0.326 e. The molecule has 148 valence electrons. The highest BCUT2D eigenvalue weighted by Crippen LogP contribution is 2.29. The molecule has 0 saturated heterocycles. The Labute approximate surface area is 158 Å². The van der Waals surface area contributed by atoms with Crippen molar-refractivity contribution >= 4 is 22.6 Å². The van der Waals surface area contributed by atoms with Crippen molar-refractivity contribution in [1.29, 1.82) is 0 Å². The summed E-state index contributed by atoms with van der Waals surface area (Å²) in [6.07, 6.45) is -4.20. The third-order valence-electron chi connectivity index (χ3n) is 4.65. The quantitative estimate of drug-likeness (QED) is 0.714. The van der Waals surface area contributed by atoms with Gasteiger partial charge in [-0.3, -0.25) is 14.3 Å². The fraction of sp³-hybridized carbons (Fsp3) is 0.316. The lowest BCUT2D eigenvalue weighted by molar-refractivity contribution is -0.137. The van der Waals surface area contributed by atoms with Gasteiger partial charge in [-0.25, -0.2) is 0 Å². The van der Waals surface area contributed by atoms with Gasteiger partial charge in [-0.1, -0.05) is 0 Å². The van der Waals surface area contributed by atoms with Crippen molar-refractivity contribution in [3.63, 3.8) is 0 Å². The summed E-state index contributed by atoms with van der Waals surface area (Å²) in [6, 6.07) is 4.21. The molecule has 0 aliphatic heterocycles. The maximum absolute atomic E-state index is 12.6. The van der Waals surface area contributed by atoms with Crippen molar-refractivity contribution < 1.29 is 18.0 Å². The van der Waals surface area contributed by atoms with Crippen LogP contribution in [0.15, 0.2) is 29.1 Å². The Morgan fingerprint density at radius 1 is 1.21 bits per heavy atom. The van der Waals surface area contributed by atoms with Gasteiger partial charge in [0, 0.05) is 30.1 Å². The molecule has 0 unspecified atom stereocenters. The molecule has 0 saturated carbocycles. The Balaban J connectivity index is 1.73. The number of carbonyl (C=O) groups excluding carboxylic acids is 1. The number of hydrogen-bond donors (Lipinski definition) is 2. The zero-order valence-corrected chi connectivity index (χ0v) is 15.6. The normalized spacial score (nSPS) is 11.8. The average Bonchev–Trinajstić information content (AvgIpc) is 2.88. The Hall–Kier alpha value is -3.10. The highest BCUT2D eigenvalue weighted by Gasteiger charge is 2.30. The number of benzene rings is 1. The number of amides is 1. The number of hydrogen-bond acceptors (Lipinski definition) is 3. The van der Waals surface area contributed by atoms with E-state index in [0.717, 1.165) is 28.8 Å². The van der Waals surface area contributed by atoms with Crippen molar-refractivity contribution in [1.82, 2.24) is 14.8 Å². The molecule has 0 aliphatic rings. The fourth-order valence-corrected chi connectivity index (χ4v) is 3.26. The van der Waals surface area contributed by atoms with Crippen LogP contribution in [0.3, 0.4) is 0 Å². The van der Waals surface area contributed by atoms with Crippen molar-refractivity contribution in [2.75, 3.05) is 5.32 Å². The van der Waals surface area contributed by atoms with Gasteiger partial charge in [-0.05, 0) is 50.1 Å². The Kier molecular flexibility index (Phi) is 5.01. The zero-order valence-electron chi connectivity index (χ0n) is 15.6. The number of nitrogens with one attached hydrogen (secondary N) is 2. The highest BCUT2D eigenvalue weighted by atomic mass is 19.4. The van der Waals surface area contributed by atoms with Gasteiger partial charge in [0.1, 0.15) is 5.65 Å². The number of rotatable bonds is 4. The van der Waals surface area contributed by atoms with Gasteiger partial charge in [0.25, 0.3) is 5.56 Å². The number of aromatic amines is 1. The van der Waals surface area contributed by atoms with Crippen LogP contribution in [-0.4, -0.2) is 20.7 Å². The molecule has 0 fully saturated rings. The van der Waals surface area contributed by atoms with E-state index in [0.29, 0.717) is 11.2 Å². The topological polar surface area (TPSA) is 79.8 Å². The molecule has 9 heteroatoms. The van der Waals surface area contributed by atoms with E-state index in [2.05, 4.69) is 15.4 Å². The van der Waals surface area contributed by atoms with E-state index in [1.165, 1.54) is 12.1 Å². The van der Waals surface area contributed by atoms with E-state index < -0.39 is 11.7 Å². The van der Waals surface area contributed by atoms with Gasteiger partial charge >= 0.3 is 6.18 Å². The molecule has 0 radical (unpaired) electrons. The van der Waals surface area contributed by atoms with Crippen molar-refractivity contribution in [2.45, 2.75) is 32.9 Å². The van der Waals surface area contributed by atoms with Crippen LogP contribution in [0.5, 0.6) is 0 Å². The predicted octanol–water partition coefficient (Wildman–Crippen LogP) is 3.47. The molecule has 2 N–H and O–H groups in total. The van der Waals surface area contributed by atoms with E-state index in [4.69, 9.17) is 0 Å². The van der Waals surface area contributed by atoms with Gasteiger partial charge in [-0.15, -0.1) is 0 Å². The van der Waals surface area contributed by atoms with E-state index in [1.807, 2.05) is 13.8 Å². The molecule has 3 rings (SSSR count). The number of fused-ring (bicyclic) bond motifs is 1. The summed E-state index contributed by atoms with van der Waals surface area (Å²) in [5, 5.41) is 7.69. The molecule has 2 aromatic heterocycles. The molecule has 1 aromatic carbocycles. The van der Waals surface area contributed by atoms with E-state index in [9.17, 15) is 22.8 Å². The molecule has 0 spiro atoms. The summed E-state index contributed by atoms with van der Waals surface area (Å²) in [5.74, 6) is -0.387. The van der Waals surface area contributed by atoms with Crippen LogP contribution in [0.2, 0.25) is 0 Å². The van der Waals surface area contributed by atoms with Gasteiger partial charge in [-0.2, -0.15) is 18.3 Å². The SMILES string of the molecule is Cc1nn(C)c2[nH]c(=O)c(CCC(=O)Nc3ccc(C(F)(F)F)cc3)c(C)c12. The second-order valence-corrected chi connectivity index (χ2v) is 6.61. The maximum atomic E-state index is 12.6. The van der Waals surface area contributed by atoms with Crippen LogP contribution < -0.4 is 10.9 Å². The number of carbonyl (C=O) groups is 1. The smallest absolute Gasteiger partial charge is 0.326 e. The maximum Gasteiger partial charge on any atom is 0.416 e. The average molecular weight is 392 g/mol. The van der Waals surface area contributed by atoms with Crippen LogP contribution in [0.4, 0.5) is 18.9 Å². The molecule has 0 atom stereocenters. The number of aromatic nitrogens is 3. The number of alkyl halides is 3. The van der Waals surface area contributed by atoms with Gasteiger partial charge in [0.2, 0.25) is 5.91 Å². The molecule has 0 bridgehead atoms. The molecular weight excluding hydrogens is 373 g/mol. The van der Waals surface area contributed by atoms with Crippen molar-refractivity contribution in [3.8, 4) is 0 Å². The molecule has 1 amide bonds. The van der Waals surface area contributed by atoms with Crippen LogP contribution in [0.25, 0.3) is 11.0 Å². The predicted molar refractivity (Wildman–Crippen MR) is 99.2 cm³/mol. The first-order valence-corrected chi connectivity index (χ1v) is 8.60. The number of halogens is 3. The summed E-state index contributed by atoms with van der Waals surface area (Å²) < 4.78 is 39.3. The molecule has 2 heterocycles. The van der Waals surface area contributed by atoms with Crippen molar-refractivity contribution in [3.05, 3.63) is 57.0 Å². The summed E-state index contributed by atoms with van der Waals surface area (Å²) in [4.78, 5) is 27.3. The van der Waals surface area contributed by atoms with E-state index in [-0.39, 0.29) is 30.0 Å². The summed E-state index contributed by atoms with van der Waals surface area (Å²) in [5.41, 5.74) is 1.86. The van der Waals surface area contributed by atoms with Crippen LogP contribution in [-0.2, 0) is 24.4 Å². The number of H-pyrrole nitrogens is 1. The van der Waals surface area contributed by atoms with Gasteiger partial charge in [0.05, 0.1) is 11.3 Å². The minimum atomic E-state index is -4.43. The lowest BCUT2D eigenvalue weighted by Gasteiger charge is -2.10. The van der Waals surface area contributed by atoms with Crippen LogP contribution in [0.1, 0.15) is 28.8 Å². The monoisotopic (exact) mass is 392 g/mol. The molecular formula is C19H19F3N4O2. The number of nitrogens with zero attached hydrogens (tertiary/aromatic N) is 2. The molecule has 6 nitrogen and oxygen atoms in total. The second-order valence-electron chi connectivity index (χ2n) is 6.61. The number of pyridine rings is 1. The van der Waals surface area contributed by atoms with E-state index in [1.54, 1.807) is 11.7 Å². The van der Waals surface area contributed by atoms with Gasteiger partial charge in [0.15, 0.2) is 0 Å². The number of aryl methyl sites for hydroxylation is 3. The summed E-state index contributed by atoms with van der Waals surface area (Å²) in [6.45, 7) is 3.66. The van der Waals surface area contributed by atoms with E-state index >= 15 is 0 Å². The zero-order chi connectivity index (χ0) is 20.6. The van der Waals surface area contributed by atoms with Crippen LogP contribution in [0, 0.1) is 13.8 Å². The fourth-order valence-electron chi connectivity index (χ4n) is 3.26. The van der Waals surface area contributed by atoms with Crippen molar-refractivity contribution in [2.24, 2.45) is 7.05 Å². The lowest BCUT2D eigenvalue weighted by Crippen LogP contribution is -2.19. The summed E-state index contributed by atoms with van der Waals surface area (Å²) >= 11 is 0. The Bertz CT molecular complexity index is 1100. The summed E-state index contributed by atoms with van der Waals surface area (Å²) in [7, 11) is 1.74. The Morgan fingerprint density at radius 2 is 1.86 bits per heavy atom. The first-order chi connectivity index (χ1) is 13.1. The first kappa shape index (κ1) is 19.7. The number of anilines is 1. The largest absolute Gasteiger partial charge is 0.416 e. The molecule has 28 heavy (non-hydrogen) atoms. The molecule has 0 aliphatic carbocycles. The Morgan fingerprint density at radius 3 is 2.46 bits per heavy atom. The standard InChI is InChI=1S/C19H19F3N4O2/c1-10-14(18(28)24-17-16(10)11(2)25-26(17)3)8-9-15(27)23-13-6-4-12(5-7-13)19(20,21)22/h4-7H,8-9H2,1-3H3,(H,23,27)(H,24,28). The first-order valence-electron chi connectivity index (χ1n) is 8.60. The molecule has 3 aromatic rings. The third-order valence-corrected chi connectivity index (χ3v) is 4.65. The minimum absolute atomic E-state index is 0.0236. The second kappa shape index (κ2) is 7.14. The third kappa shape index (κ3) is 3.78. The van der Waals surface area contributed by atoms with Crippen LogP contribution >= 0.6 is 0 Å². The van der Waals surface area contributed by atoms with Gasteiger partial charge < -0.3 is 10.3 Å². The lowest BCUT2D eigenvalue weighted by atomic mass is 10.0.